The summed E-state index contributed by atoms with van der Waals surface area (Å²) in [6.07, 6.45) is 9.61. The van der Waals surface area contributed by atoms with Gasteiger partial charge < -0.3 is 0 Å². The van der Waals surface area contributed by atoms with Crippen LogP contribution in [0.4, 0.5) is 4.39 Å². The van der Waals surface area contributed by atoms with E-state index in [2.05, 4.69) is 0 Å². The molecule has 0 radical (unpaired) electrons. The molecular weight excluding hydrogens is 163 g/mol. The summed E-state index contributed by atoms with van der Waals surface area (Å²) in [5.74, 6) is 0.770. The van der Waals surface area contributed by atoms with Crippen LogP contribution >= 0.6 is 0 Å². The van der Waals surface area contributed by atoms with E-state index in [1.807, 2.05) is 6.92 Å². The van der Waals surface area contributed by atoms with E-state index in [0.29, 0.717) is 11.8 Å². The maximum atomic E-state index is 14.5. The van der Waals surface area contributed by atoms with Crippen molar-refractivity contribution in [3.63, 3.8) is 0 Å². The van der Waals surface area contributed by atoms with Crippen molar-refractivity contribution >= 4 is 0 Å². The van der Waals surface area contributed by atoms with Gasteiger partial charge in [0, 0.05) is 0 Å². The van der Waals surface area contributed by atoms with Gasteiger partial charge in [0.2, 0.25) is 0 Å². The summed E-state index contributed by atoms with van der Waals surface area (Å²) in [6, 6.07) is 0. The number of halogens is 1. The zero-order valence-electron chi connectivity index (χ0n) is 8.69. The standard InChI is InChI=1S/C12H21F/c1-12(13,10-6-2-3-7-10)11-8-4-5-9-11/h10-11H,2-9H2,1H3. The van der Waals surface area contributed by atoms with Gasteiger partial charge in [-0.1, -0.05) is 25.7 Å². The first kappa shape index (κ1) is 9.48. The molecule has 0 atom stereocenters. The molecule has 0 aromatic rings. The Balaban J connectivity index is 1.99. The van der Waals surface area contributed by atoms with Crippen LogP contribution < -0.4 is 0 Å². The predicted molar refractivity (Wildman–Crippen MR) is 53.4 cm³/mol. The highest BCUT2D eigenvalue weighted by atomic mass is 19.1. The van der Waals surface area contributed by atoms with Crippen molar-refractivity contribution in [2.75, 3.05) is 0 Å². The fourth-order valence-electron chi connectivity index (χ4n) is 3.31. The molecule has 0 aromatic carbocycles. The molecule has 0 aliphatic heterocycles. The molecule has 0 heterocycles. The molecule has 0 nitrogen and oxygen atoms in total. The molecule has 2 saturated carbocycles. The first-order chi connectivity index (χ1) is 6.21. The quantitative estimate of drug-likeness (QED) is 0.606. The fourth-order valence-corrected chi connectivity index (χ4v) is 3.31. The molecule has 2 fully saturated rings. The van der Waals surface area contributed by atoms with Crippen molar-refractivity contribution in [1.29, 1.82) is 0 Å². The third kappa shape index (κ3) is 1.75. The zero-order valence-corrected chi connectivity index (χ0v) is 8.69. The number of hydrogen-bond donors (Lipinski definition) is 0. The summed E-state index contributed by atoms with van der Waals surface area (Å²) in [4.78, 5) is 0. The normalized spacial score (nSPS) is 27.2. The van der Waals surface area contributed by atoms with Crippen molar-refractivity contribution < 1.29 is 4.39 Å². The third-order valence-electron chi connectivity index (χ3n) is 4.31. The summed E-state index contributed by atoms with van der Waals surface area (Å²) < 4.78 is 14.5. The van der Waals surface area contributed by atoms with Crippen molar-refractivity contribution in [1.82, 2.24) is 0 Å². The predicted octanol–water partition coefficient (Wildman–Crippen LogP) is 4.10. The fraction of sp³-hybridized carbons (Fsp3) is 1.00. The zero-order chi connectivity index (χ0) is 9.31. The second-order valence-corrected chi connectivity index (χ2v) is 5.11. The minimum absolute atomic E-state index is 0.385. The SMILES string of the molecule is CC(F)(C1CCCC1)C1CCCC1. The molecule has 2 rings (SSSR count). The van der Waals surface area contributed by atoms with Crippen LogP contribution in [0.25, 0.3) is 0 Å². The van der Waals surface area contributed by atoms with Crippen LogP contribution in [-0.2, 0) is 0 Å². The molecule has 1 heteroatoms. The Morgan fingerprint density at radius 1 is 0.846 bits per heavy atom. The van der Waals surface area contributed by atoms with E-state index >= 15 is 0 Å². The van der Waals surface area contributed by atoms with Crippen LogP contribution in [-0.4, -0.2) is 5.67 Å². The van der Waals surface area contributed by atoms with E-state index in [-0.39, 0.29) is 0 Å². The van der Waals surface area contributed by atoms with Gasteiger partial charge in [0.15, 0.2) is 0 Å². The maximum absolute atomic E-state index is 14.5. The highest BCUT2D eigenvalue weighted by molar-refractivity contribution is 4.93. The van der Waals surface area contributed by atoms with Crippen LogP contribution in [0.3, 0.4) is 0 Å². The van der Waals surface area contributed by atoms with Crippen LogP contribution in [0.1, 0.15) is 58.3 Å². The summed E-state index contributed by atoms with van der Waals surface area (Å²) in [6.45, 7) is 1.87. The Morgan fingerprint density at radius 3 is 1.46 bits per heavy atom. The molecule has 0 saturated heterocycles. The summed E-state index contributed by atoms with van der Waals surface area (Å²) >= 11 is 0. The van der Waals surface area contributed by atoms with Gasteiger partial charge in [-0.05, 0) is 44.4 Å². The van der Waals surface area contributed by atoms with Crippen molar-refractivity contribution in [3.05, 3.63) is 0 Å². The first-order valence-electron chi connectivity index (χ1n) is 5.90. The maximum Gasteiger partial charge on any atom is 0.113 e. The van der Waals surface area contributed by atoms with Gasteiger partial charge in [0.25, 0.3) is 0 Å². The van der Waals surface area contributed by atoms with Crippen LogP contribution in [0.15, 0.2) is 0 Å². The highest BCUT2D eigenvalue weighted by Gasteiger charge is 2.43. The number of rotatable bonds is 2. The average Bonchev–Trinajstić information content (AvgIpc) is 2.78. The lowest BCUT2D eigenvalue weighted by Crippen LogP contribution is -2.35. The molecule has 76 valence electrons. The third-order valence-corrected chi connectivity index (χ3v) is 4.31. The van der Waals surface area contributed by atoms with Gasteiger partial charge >= 0.3 is 0 Å². The smallest absolute Gasteiger partial charge is 0.113 e. The molecule has 0 unspecified atom stereocenters. The summed E-state index contributed by atoms with van der Waals surface area (Å²) in [5, 5.41) is 0. The second-order valence-electron chi connectivity index (χ2n) is 5.11. The largest absolute Gasteiger partial charge is 0.244 e. The van der Waals surface area contributed by atoms with Gasteiger partial charge in [-0.25, -0.2) is 4.39 Å². The number of hydrogen-bond acceptors (Lipinski definition) is 0. The van der Waals surface area contributed by atoms with E-state index in [9.17, 15) is 4.39 Å². The van der Waals surface area contributed by atoms with Crippen LogP contribution in [0, 0.1) is 11.8 Å². The summed E-state index contributed by atoms with van der Waals surface area (Å²) in [7, 11) is 0. The molecule has 0 amide bonds. The highest BCUT2D eigenvalue weighted by Crippen LogP contribution is 2.46. The monoisotopic (exact) mass is 184 g/mol. The molecule has 0 N–H and O–H groups in total. The Hall–Kier alpha value is -0.0700. The van der Waals surface area contributed by atoms with Crippen molar-refractivity contribution in [2.45, 2.75) is 64.0 Å². The first-order valence-corrected chi connectivity index (χ1v) is 5.90. The van der Waals surface area contributed by atoms with E-state index < -0.39 is 5.67 Å². The number of alkyl halides is 1. The minimum Gasteiger partial charge on any atom is -0.244 e. The van der Waals surface area contributed by atoms with Gasteiger partial charge in [-0.2, -0.15) is 0 Å². The van der Waals surface area contributed by atoms with E-state index in [4.69, 9.17) is 0 Å². The van der Waals surface area contributed by atoms with Gasteiger partial charge in [-0.15, -0.1) is 0 Å². The molecule has 2 aliphatic carbocycles. The molecular formula is C12H21F. The summed E-state index contributed by atoms with van der Waals surface area (Å²) in [5.41, 5.74) is -0.840. The Labute approximate surface area is 80.9 Å². The molecule has 0 spiro atoms. The van der Waals surface area contributed by atoms with E-state index in [0.717, 1.165) is 25.7 Å². The van der Waals surface area contributed by atoms with Crippen LogP contribution in [0.5, 0.6) is 0 Å². The van der Waals surface area contributed by atoms with Gasteiger partial charge in [0.1, 0.15) is 5.67 Å². The Morgan fingerprint density at radius 2 is 1.15 bits per heavy atom. The average molecular weight is 184 g/mol. The molecule has 0 bridgehead atoms. The Kier molecular flexibility index (Phi) is 2.62. The van der Waals surface area contributed by atoms with Gasteiger partial charge in [0.05, 0.1) is 0 Å². The topological polar surface area (TPSA) is 0 Å². The van der Waals surface area contributed by atoms with Crippen molar-refractivity contribution in [2.24, 2.45) is 11.8 Å². The van der Waals surface area contributed by atoms with Crippen molar-refractivity contribution in [3.8, 4) is 0 Å². The molecule has 13 heavy (non-hydrogen) atoms. The minimum atomic E-state index is -0.840. The lowest BCUT2D eigenvalue weighted by atomic mass is 9.78. The van der Waals surface area contributed by atoms with E-state index in [1.54, 1.807) is 0 Å². The van der Waals surface area contributed by atoms with Gasteiger partial charge in [-0.3, -0.25) is 0 Å². The van der Waals surface area contributed by atoms with E-state index in [1.165, 1.54) is 25.7 Å². The molecule has 0 aromatic heterocycles. The molecule has 2 aliphatic rings. The lowest BCUT2D eigenvalue weighted by Gasteiger charge is -2.33. The lowest BCUT2D eigenvalue weighted by molar-refractivity contribution is 0.0387. The van der Waals surface area contributed by atoms with Crippen LogP contribution in [0.2, 0.25) is 0 Å². The Bertz CT molecular complexity index is 144. The second kappa shape index (κ2) is 3.59.